The van der Waals surface area contributed by atoms with Crippen molar-refractivity contribution in [1.82, 2.24) is 0 Å². The largest absolute Gasteiger partial charge is 0.401 e. The van der Waals surface area contributed by atoms with E-state index in [1.165, 1.54) is 12.8 Å². The maximum atomic E-state index is 8.88. The Morgan fingerprint density at radius 3 is 2.38 bits per heavy atom. The van der Waals surface area contributed by atoms with Gasteiger partial charge in [0, 0.05) is 16.7 Å². The zero-order chi connectivity index (χ0) is 9.90. The van der Waals surface area contributed by atoms with Gasteiger partial charge in [-0.05, 0) is 19.3 Å². The molecule has 1 rings (SSSR count). The molecule has 1 aliphatic rings. The maximum Gasteiger partial charge on any atom is 0.0965 e. The highest BCUT2D eigenvalue weighted by atomic mass is 14.7. The fraction of sp³-hybridized carbons (Fsp3) is 0.727. The molecule has 1 aliphatic carbocycles. The first-order valence-corrected chi connectivity index (χ1v) is 5.03. The third-order valence-corrected chi connectivity index (χ3v) is 3.17. The average molecular weight is 178 g/mol. The number of nitrogens with zero attached hydrogens (tertiary/aromatic N) is 1. The van der Waals surface area contributed by atoms with Gasteiger partial charge < -0.3 is 5.73 Å². The Labute approximate surface area is 80.4 Å². The van der Waals surface area contributed by atoms with Crippen LogP contribution in [0.15, 0.2) is 11.3 Å². The first-order chi connectivity index (χ1) is 6.14. The van der Waals surface area contributed by atoms with E-state index in [0.717, 1.165) is 30.5 Å². The molecule has 0 aliphatic heterocycles. The molecular formula is C11H18N2. The molecule has 0 aromatic carbocycles. The molecule has 0 amide bonds. The third-order valence-electron chi connectivity index (χ3n) is 3.17. The highest BCUT2D eigenvalue weighted by Crippen LogP contribution is 2.42. The number of rotatable bonds is 2. The molecule has 0 unspecified atom stereocenters. The van der Waals surface area contributed by atoms with Crippen LogP contribution in [0.5, 0.6) is 0 Å². The summed E-state index contributed by atoms with van der Waals surface area (Å²) in [6, 6.07) is 2.21. The second kappa shape index (κ2) is 3.83. The molecule has 2 N–H and O–H groups in total. The van der Waals surface area contributed by atoms with Gasteiger partial charge >= 0.3 is 0 Å². The molecule has 1 saturated carbocycles. The minimum atomic E-state index is 0.112. The van der Waals surface area contributed by atoms with Crippen molar-refractivity contribution in [2.24, 2.45) is 11.1 Å². The van der Waals surface area contributed by atoms with Crippen LogP contribution < -0.4 is 5.73 Å². The van der Waals surface area contributed by atoms with E-state index >= 15 is 0 Å². The lowest BCUT2D eigenvalue weighted by molar-refractivity contribution is 0.405. The lowest BCUT2D eigenvalue weighted by Gasteiger charge is -2.25. The lowest BCUT2D eigenvalue weighted by Crippen LogP contribution is -2.22. The molecule has 0 radical (unpaired) electrons. The van der Waals surface area contributed by atoms with Gasteiger partial charge in [-0.15, -0.1) is 0 Å². The number of nitrogens with two attached hydrogens (primary N) is 1. The van der Waals surface area contributed by atoms with Crippen LogP contribution in [-0.2, 0) is 0 Å². The minimum Gasteiger partial charge on any atom is -0.401 e. The molecule has 0 aromatic heterocycles. The first kappa shape index (κ1) is 10.1. The number of nitriles is 1. The normalized spacial score (nSPS) is 22.2. The van der Waals surface area contributed by atoms with E-state index in [2.05, 4.69) is 13.0 Å². The molecule has 0 atom stereocenters. The topological polar surface area (TPSA) is 49.8 Å². The summed E-state index contributed by atoms with van der Waals surface area (Å²) < 4.78 is 0. The maximum absolute atomic E-state index is 8.88. The summed E-state index contributed by atoms with van der Waals surface area (Å²) in [5.41, 5.74) is 7.77. The Bertz CT molecular complexity index is 252. The zero-order valence-electron chi connectivity index (χ0n) is 8.56. The molecule has 0 heterocycles. The quantitative estimate of drug-likeness (QED) is 0.661. The van der Waals surface area contributed by atoms with Crippen molar-refractivity contribution in [2.75, 3.05) is 0 Å². The summed E-state index contributed by atoms with van der Waals surface area (Å²) in [5.74, 6) is 0. The van der Waals surface area contributed by atoms with Crippen molar-refractivity contribution in [3.63, 3.8) is 0 Å². The van der Waals surface area contributed by atoms with Crippen LogP contribution in [0.4, 0.5) is 0 Å². The van der Waals surface area contributed by atoms with Crippen LogP contribution in [0.2, 0.25) is 0 Å². The van der Waals surface area contributed by atoms with Crippen molar-refractivity contribution < 1.29 is 0 Å². The minimum absolute atomic E-state index is 0.112. The van der Waals surface area contributed by atoms with E-state index < -0.39 is 0 Å². The molecule has 0 bridgehead atoms. The predicted molar refractivity (Wildman–Crippen MR) is 53.7 cm³/mol. The van der Waals surface area contributed by atoms with Gasteiger partial charge in [-0.1, -0.05) is 26.7 Å². The second-order valence-electron chi connectivity index (χ2n) is 4.13. The summed E-state index contributed by atoms with van der Waals surface area (Å²) in [4.78, 5) is 0. The van der Waals surface area contributed by atoms with Gasteiger partial charge in [0.25, 0.3) is 0 Å². The van der Waals surface area contributed by atoms with Gasteiger partial charge in [-0.25, -0.2) is 0 Å². The van der Waals surface area contributed by atoms with Gasteiger partial charge in [0.2, 0.25) is 0 Å². The third kappa shape index (κ3) is 1.85. The zero-order valence-corrected chi connectivity index (χ0v) is 8.56. The molecular weight excluding hydrogens is 160 g/mol. The number of hydrogen-bond acceptors (Lipinski definition) is 2. The van der Waals surface area contributed by atoms with E-state index in [1.54, 1.807) is 0 Å². The van der Waals surface area contributed by atoms with E-state index in [0.29, 0.717) is 0 Å². The average Bonchev–Trinajstić information content (AvgIpc) is 2.55. The fourth-order valence-electron chi connectivity index (χ4n) is 2.12. The number of hydrogen-bond donors (Lipinski definition) is 1. The molecule has 13 heavy (non-hydrogen) atoms. The fourth-order valence-corrected chi connectivity index (χ4v) is 2.12. The molecule has 2 heteroatoms. The smallest absolute Gasteiger partial charge is 0.0965 e. The van der Waals surface area contributed by atoms with E-state index in [9.17, 15) is 0 Å². The summed E-state index contributed by atoms with van der Waals surface area (Å²) in [6.45, 7) is 4.17. The van der Waals surface area contributed by atoms with Crippen molar-refractivity contribution in [3.8, 4) is 6.07 Å². The molecule has 0 aromatic rings. The first-order valence-electron chi connectivity index (χ1n) is 5.03. The van der Waals surface area contributed by atoms with Gasteiger partial charge in [-0.3, -0.25) is 0 Å². The van der Waals surface area contributed by atoms with Crippen LogP contribution in [0.3, 0.4) is 0 Å². The summed E-state index contributed by atoms with van der Waals surface area (Å²) in [7, 11) is 0. The van der Waals surface area contributed by atoms with Gasteiger partial charge in [0.1, 0.15) is 0 Å². The second-order valence-corrected chi connectivity index (χ2v) is 4.13. The van der Waals surface area contributed by atoms with Gasteiger partial charge in [0.15, 0.2) is 0 Å². The summed E-state index contributed by atoms with van der Waals surface area (Å²) in [5, 5.41) is 8.88. The Morgan fingerprint density at radius 1 is 1.46 bits per heavy atom. The SMILES string of the molecule is CCC(C#N)=C(N)C1(C)CCCC1. The van der Waals surface area contributed by atoms with E-state index in [4.69, 9.17) is 11.0 Å². The van der Waals surface area contributed by atoms with Crippen molar-refractivity contribution in [1.29, 1.82) is 5.26 Å². The van der Waals surface area contributed by atoms with Gasteiger partial charge in [-0.2, -0.15) is 5.26 Å². The van der Waals surface area contributed by atoms with Crippen molar-refractivity contribution in [3.05, 3.63) is 11.3 Å². The van der Waals surface area contributed by atoms with Crippen LogP contribution >= 0.6 is 0 Å². The summed E-state index contributed by atoms with van der Waals surface area (Å²) >= 11 is 0. The van der Waals surface area contributed by atoms with E-state index in [1.807, 2.05) is 6.92 Å². The molecule has 0 saturated heterocycles. The standard InChI is InChI=1S/C11H18N2/c1-3-9(8-12)10(13)11(2)6-4-5-7-11/h3-7,13H2,1-2H3. The highest BCUT2D eigenvalue weighted by Gasteiger charge is 2.32. The predicted octanol–water partition coefficient (Wildman–Crippen LogP) is 2.71. The molecule has 1 fully saturated rings. The Balaban J connectivity index is 2.93. The number of allylic oxidation sites excluding steroid dienone is 2. The van der Waals surface area contributed by atoms with Crippen LogP contribution in [-0.4, -0.2) is 0 Å². The monoisotopic (exact) mass is 178 g/mol. The highest BCUT2D eigenvalue weighted by molar-refractivity contribution is 5.30. The Morgan fingerprint density at radius 2 is 2.00 bits per heavy atom. The molecule has 72 valence electrons. The van der Waals surface area contributed by atoms with E-state index in [-0.39, 0.29) is 5.41 Å². The van der Waals surface area contributed by atoms with Crippen molar-refractivity contribution >= 4 is 0 Å². The Kier molecular flexibility index (Phi) is 2.98. The summed E-state index contributed by atoms with van der Waals surface area (Å²) in [6.07, 6.45) is 5.55. The van der Waals surface area contributed by atoms with Crippen LogP contribution in [0.1, 0.15) is 46.0 Å². The lowest BCUT2D eigenvalue weighted by atomic mass is 9.82. The van der Waals surface area contributed by atoms with Crippen LogP contribution in [0.25, 0.3) is 0 Å². The molecule has 2 nitrogen and oxygen atoms in total. The van der Waals surface area contributed by atoms with Crippen molar-refractivity contribution in [2.45, 2.75) is 46.0 Å². The molecule has 0 spiro atoms. The van der Waals surface area contributed by atoms with Crippen LogP contribution in [0, 0.1) is 16.7 Å². The van der Waals surface area contributed by atoms with Gasteiger partial charge in [0.05, 0.1) is 6.07 Å². The Hall–Kier alpha value is -0.970.